The lowest BCUT2D eigenvalue weighted by atomic mass is 9.94. The third kappa shape index (κ3) is 4.17. The summed E-state index contributed by atoms with van der Waals surface area (Å²) in [6.07, 6.45) is 1.41. The number of benzene rings is 2. The second kappa shape index (κ2) is 8.61. The van der Waals surface area contributed by atoms with E-state index in [1.807, 2.05) is 28.0 Å². The highest BCUT2D eigenvalue weighted by Crippen LogP contribution is 2.32. The Morgan fingerprint density at radius 1 is 0.933 bits per heavy atom. The van der Waals surface area contributed by atoms with Crippen molar-refractivity contribution in [2.24, 2.45) is 5.92 Å². The van der Waals surface area contributed by atoms with Crippen molar-refractivity contribution in [1.29, 1.82) is 0 Å². The third-order valence-electron chi connectivity index (χ3n) is 6.05. The van der Waals surface area contributed by atoms with Gasteiger partial charge in [-0.2, -0.15) is 0 Å². The number of aromatic hydroxyl groups is 1. The Hall–Kier alpha value is -3.29. The molecule has 0 aliphatic carbocycles. The SMILES string of the molecule is O=C(C1CCN(c2ccccc2[N+](=O)[O-])CC1)N1CCN(c2cccc(O)c2)CC1. The van der Waals surface area contributed by atoms with Crippen molar-refractivity contribution < 1.29 is 14.8 Å². The summed E-state index contributed by atoms with van der Waals surface area (Å²) in [5.41, 5.74) is 1.72. The Morgan fingerprint density at radius 3 is 2.30 bits per heavy atom. The van der Waals surface area contributed by atoms with E-state index in [9.17, 15) is 20.0 Å². The highest BCUT2D eigenvalue weighted by Gasteiger charge is 2.32. The van der Waals surface area contributed by atoms with Crippen LogP contribution in [0.25, 0.3) is 0 Å². The van der Waals surface area contributed by atoms with E-state index >= 15 is 0 Å². The fraction of sp³-hybridized carbons (Fsp3) is 0.409. The Balaban J connectivity index is 1.32. The van der Waals surface area contributed by atoms with Gasteiger partial charge in [0.15, 0.2) is 0 Å². The Bertz CT molecular complexity index is 919. The van der Waals surface area contributed by atoms with E-state index in [2.05, 4.69) is 4.90 Å². The second-order valence-electron chi connectivity index (χ2n) is 7.84. The van der Waals surface area contributed by atoms with Gasteiger partial charge < -0.3 is 19.8 Å². The molecule has 2 aliphatic heterocycles. The van der Waals surface area contributed by atoms with Crippen molar-refractivity contribution in [3.63, 3.8) is 0 Å². The topological polar surface area (TPSA) is 90.2 Å². The van der Waals surface area contributed by atoms with Gasteiger partial charge in [0.1, 0.15) is 11.4 Å². The number of nitro benzene ring substituents is 1. The van der Waals surface area contributed by atoms with Crippen LogP contribution < -0.4 is 9.80 Å². The maximum Gasteiger partial charge on any atom is 0.292 e. The monoisotopic (exact) mass is 410 g/mol. The minimum atomic E-state index is -0.349. The zero-order valence-electron chi connectivity index (χ0n) is 16.8. The van der Waals surface area contributed by atoms with Crippen LogP contribution >= 0.6 is 0 Å². The van der Waals surface area contributed by atoms with Gasteiger partial charge in [-0.1, -0.05) is 18.2 Å². The molecule has 0 spiro atoms. The van der Waals surface area contributed by atoms with E-state index in [1.165, 1.54) is 6.07 Å². The first-order valence-corrected chi connectivity index (χ1v) is 10.3. The molecule has 2 heterocycles. The lowest BCUT2D eigenvalue weighted by molar-refractivity contribution is -0.384. The van der Waals surface area contributed by atoms with E-state index in [0.29, 0.717) is 44.7 Å². The molecule has 4 rings (SSSR count). The highest BCUT2D eigenvalue weighted by molar-refractivity contribution is 5.79. The van der Waals surface area contributed by atoms with E-state index in [0.717, 1.165) is 18.8 Å². The molecule has 0 saturated carbocycles. The lowest BCUT2D eigenvalue weighted by Gasteiger charge is -2.39. The molecule has 8 heteroatoms. The van der Waals surface area contributed by atoms with Gasteiger partial charge in [-0.05, 0) is 31.0 Å². The van der Waals surface area contributed by atoms with Crippen molar-refractivity contribution in [2.75, 3.05) is 49.1 Å². The molecule has 2 saturated heterocycles. The molecular formula is C22H26N4O4. The molecule has 2 aromatic rings. The molecule has 158 valence electrons. The van der Waals surface area contributed by atoms with Gasteiger partial charge in [-0.25, -0.2) is 0 Å². The van der Waals surface area contributed by atoms with Crippen molar-refractivity contribution >= 4 is 23.0 Å². The smallest absolute Gasteiger partial charge is 0.292 e. The van der Waals surface area contributed by atoms with Gasteiger partial charge in [0.2, 0.25) is 5.91 Å². The molecule has 1 N–H and O–H groups in total. The molecule has 2 aromatic carbocycles. The minimum Gasteiger partial charge on any atom is -0.508 e. The lowest BCUT2D eigenvalue weighted by Crippen LogP contribution is -2.51. The molecule has 0 aromatic heterocycles. The van der Waals surface area contributed by atoms with Crippen LogP contribution in [-0.2, 0) is 4.79 Å². The molecule has 1 amide bonds. The van der Waals surface area contributed by atoms with Crippen LogP contribution in [0.1, 0.15) is 12.8 Å². The van der Waals surface area contributed by atoms with Gasteiger partial charge in [0.25, 0.3) is 5.69 Å². The second-order valence-corrected chi connectivity index (χ2v) is 7.84. The van der Waals surface area contributed by atoms with Crippen LogP contribution in [-0.4, -0.2) is 60.1 Å². The molecule has 0 radical (unpaired) electrons. The molecule has 8 nitrogen and oxygen atoms in total. The molecule has 0 atom stereocenters. The molecule has 0 bridgehead atoms. The quantitative estimate of drug-likeness (QED) is 0.616. The number of hydrogen-bond acceptors (Lipinski definition) is 6. The first kappa shape index (κ1) is 20.0. The van der Waals surface area contributed by atoms with E-state index in [4.69, 9.17) is 0 Å². The maximum absolute atomic E-state index is 13.0. The van der Waals surface area contributed by atoms with Crippen LogP contribution in [0.5, 0.6) is 5.75 Å². The van der Waals surface area contributed by atoms with E-state index in [-0.39, 0.29) is 28.2 Å². The average molecular weight is 410 g/mol. The number of para-hydroxylation sites is 2. The van der Waals surface area contributed by atoms with Gasteiger partial charge in [-0.3, -0.25) is 14.9 Å². The van der Waals surface area contributed by atoms with Gasteiger partial charge >= 0.3 is 0 Å². The van der Waals surface area contributed by atoms with Crippen molar-refractivity contribution in [3.8, 4) is 5.75 Å². The van der Waals surface area contributed by atoms with Crippen molar-refractivity contribution in [1.82, 2.24) is 4.90 Å². The maximum atomic E-state index is 13.0. The largest absolute Gasteiger partial charge is 0.508 e. The van der Waals surface area contributed by atoms with Gasteiger partial charge in [0, 0.05) is 63.0 Å². The number of phenols is 1. The fourth-order valence-electron chi connectivity index (χ4n) is 4.39. The van der Waals surface area contributed by atoms with Gasteiger partial charge in [-0.15, -0.1) is 0 Å². The summed E-state index contributed by atoms with van der Waals surface area (Å²) in [5.74, 6) is 0.403. The van der Waals surface area contributed by atoms with Crippen LogP contribution in [0.2, 0.25) is 0 Å². The first-order valence-electron chi connectivity index (χ1n) is 10.3. The number of nitrogens with zero attached hydrogens (tertiary/aromatic N) is 4. The summed E-state index contributed by atoms with van der Waals surface area (Å²) in [5, 5.41) is 21.0. The Labute approximate surface area is 175 Å². The predicted octanol–water partition coefficient (Wildman–Crippen LogP) is 2.87. The van der Waals surface area contributed by atoms with Crippen LogP contribution in [0.4, 0.5) is 17.1 Å². The fourth-order valence-corrected chi connectivity index (χ4v) is 4.39. The number of carbonyl (C=O) groups excluding carboxylic acids is 1. The molecule has 30 heavy (non-hydrogen) atoms. The summed E-state index contributed by atoms with van der Waals surface area (Å²) in [7, 11) is 0. The van der Waals surface area contributed by atoms with Crippen LogP contribution in [0.3, 0.4) is 0 Å². The van der Waals surface area contributed by atoms with Crippen molar-refractivity contribution in [3.05, 3.63) is 58.6 Å². The Kier molecular flexibility index (Phi) is 5.74. The summed E-state index contributed by atoms with van der Waals surface area (Å²) < 4.78 is 0. The van der Waals surface area contributed by atoms with Crippen molar-refractivity contribution in [2.45, 2.75) is 12.8 Å². The zero-order chi connectivity index (χ0) is 21.1. The summed E-state index contributed by atoms with van der Waals surface area (Å²) >= 11 is 0. The predicted molar refractivity (Wildman–Crippen MR) is 115 cm³/mol. The number of piperazine rings is 1. The van der Waals surface area contributed by atoms with E-state index < -0.39 is 0 Å². The number of piperidine rings is 1. The molecule has 2 fully saturated rings. The third-order valence-corrected chi connectivity index (χ3v) is 6.05. The molecular weight excluding hydrogens is 384 g/mol. The zero-order valence-corrected chi connectivity index (χ0v) is 16.8. The number of amides is 1. The average Bonchev–Trinajstić information content (AvgIpc) is 2.79. The van der Waals surface area contributed by atoms with Gasteiger partial charge in [0.05, 0.1) is 4.92 Å². The number of phenolic OH excluding ortho intramolecular Hbond substituents is 1. The standard InChI is InChI=1S/C22H26N4O4/c27-19-5-3-4-18(16-19)23-12-14-25(15-13-23)22(28)17-8-10-24(11-9-17)20-6-1-2-7-21(20)26(29)30/h1-7,16-17,27H,8-15H2. The summed E-state index contributed by atoms with van der Waals surface area (Å²) in [6.45, 7) is 4.10. The molecule has 2 aliphatic rings. The van der Waals surface area contributed by atoms with Crippen LogP contribution in [0.15, 0.2) is 48.5 Å². The summed E-state index contributed by atoms with van der Waals surface area (Å²) in [4.78, 5) is 30.1. The number of hydrogen-bond donors (Lipinski definition) is 1. The highest BCUT2D eigenvalue weighted by atomic mass is 16.6. The first-order chi connectivity index (χ1) is 14.5. The Morgan fingerprint density at radius 2 is 1.63 bits per heavy atom. The number of anilines is 2. The van der Waals surface area contributed by atoms with E-state index in [1.54, 1.807) is 24.3 Å². The molecule has 0 unspecified atom stereocenters. The number of rotatable bonds is 4. The number of nitro groups is 1. The van der Waals surface area contributed by atoms with Crippen LogP contribution in [0, 0.1) is 16.0 Å². The minimum absolute atomic E-state index is 0.0312. The normalized spacial score (nSPS) is 17.8. The number of carbonyl (C=O) groups is 1. The summed E-state index contributed by atoms with van der Waals surface area (Å²) in [6, 6.07) is 14.0.